The standard InChI is InChI=1S/C9H12N2O2S.ClH/c10-9-4-2-6-1-3-7(5-8(6)9)14(11,12)13;/h1,3,5,9H,2,4,10H2,(H2,11,12,13);1H. The molecule has 0 bridgehead atoms. The molecule has 0 amide bonds. The van der Waals surface area contributed by atoms with E-state index in [1.807, 2.05) is 0 Å². The van der Waals surface area contributed by atoms with Gasteiger partial charge < -0.3 is 5.73 Å². The summed E-state index contributed by atoms with van der Waals surface area (Å²) < 4.78 is 22.2. The molecule has 1 atom stereocenters. The molecular weight excluding hydrogens is 236 g/mol. The Balaban J connectivity index is 0.00000112. The van der Waals surface area contributed by atoms with Crippen LogP contribution >= 0.6 is 12.4 Å². The van der Waals surface area contributed by atoms with Crippen LogP contribution in [0.3, 0.4) is 0 Å². The van der Waals surface area contributed by atoms with Crippen molar-refractivity contribution in [3.8, 4) is 0 Å². The average Bonchev–Trinajstić information content (AvgIpc) is 2.46. The maximum absolute atomic E-state index is 11.1. The van der Waals surface area contributed by atoms with Gasteiger partial charge >= 0.3 is 0 Å². The molecule has 1 aliphatic carbocycles. The lowest BCUT2D eigenvalue weighted by Gasteiger charge is -2.06. The van der Waals surface area contributed by atoms with Gasteiger partial charge in [0.15, 0.2) is 0 Å². The van der Waals surface area contributed by atoms with E-state index in [0.717, 1.165) is 24.0 Å². The van der Waals surface area contributed by atoms with Crippen LogP contribution in [0.25, 0.3) is 0 Å². The molecule has 4 nitrogen and oxygen atoms in total. The van der Waals surface area contributed by atoms with Crippen LogP contribution in [-0.4, -0.2) is 8.42 Å². The summed E-state index contributed by atoms with van der Waals surface area (Å²) in [6, 6.07) is 4.86. The van der Waals surface area contributed by atoms with Gasteiger partial charge in [0, 0.05) is 6.04 Å². The minimum atomic E-state index is -3.60. The Labute approximate surface area is 95.1 Å². The fraction of sp³-hybridized carbons (Fsp3) is 0.333. The van der Waals surface area contributed by atoms with Crippen LogP contribution in [0.2, 0.25) is 0 Å². The molecule has 0 saturated carbocycles. The highest BCUT2D eigenvalue weighted by Crippen LogP contribution is 2.30. The van der Waals surface area contributed by atoms with Crippen LogP contribution in [0, 0.1) is 0 Å². The van der Waals surface area contributed by atoms with Crippen LogP contribution < -0.4 is 10.9 Å². The summed E-state index contributed by atoms with van der Waals surface area (Å²) >= 11 is 0. The van der Waals surface area contributed by atoms with E-state index in [1.54, 1.807) is 12.1 Å². The molecule has 1 aromatic carbocycles. The van der Waals surface area contributed by atoms with E-state index in [2.05, 4.69) is 0 Å². The highest BCUT2D eigenvalue weighted by Gasteiger charge is 2.20. The van der Waals surface area contributed by atoms with Crippen molar-refractivity contribution in [1.82, 2.24) is 0 Å². The molecule has 1 aromatic rings. The number of fused-ring (bicyclic) bond motifs is 1. The number of primary sulfonamides is 1. The zero-order valence-electron chi connectivity index (χ0n) is 8.01. The first-order valence-corrected chi connectivity index (χ1v) is 5.94. The smallest absolute Gasteiger partial charge is 0.238 e. The van der Waals surface area contributed by atoms with E-state index in [-0.39, 0.29) is 23.3 Å². The van der Waals surface area contributed by atoms with Crippen molar-refractivity contribution in [2.75, 3.05) is 0 Å². The lowest BCUT2D eigenvalue weighted by atomic mass is 10.1. The summed E-state index contributed by atoms with van der Waals surface area (Å²) in [4.78, 5) is 0.147. The number of hydrogen-bond acceptors (Lipinski definition) is 3. The van der Waals surface area contributed by atoms with Gasteiger partial charge in [0.25, 0.3) is 0 Å². The van der Waals surface area contributed by atoms with Crippen LogP contribution in [0.1, 0.15) is 23.6 Å². The second kappa shape index (κ2) is 4.09. The first kappa shape index (κ1) is 12.4. The minimum Gasteiger partial charge on any atom is -0.324 e. The molecule has 0 heterocycles. The van der Waals surface area contributed by atoms with Gasteiger partial charge in [-0.2, -0.15) is 0 Å². The summed E-state index contributed by atoms with van der Waals surface area (Å²) in [6.45, 7) is 0. The van der Waals surface area contributed by atoms with E-state index in [0.29, 0.717) is 0 Å². The maximum atomic E-state index is 11.1. The third-order valence-electron chi connectivity index (χ3n) is 2.57. The zero-order chi connectivity index (χ0) is 10.3. The van der Waals surface area contributed by atoms with Crippen LogP contribution in [-0.2, 0) is 16.4 Å². The van der Waals surface area contributed by atoms with E-state index < -0.39 is 10.0 Å². The Morgan fingerprint density at radius 3 is 2.60 bits per heavy atom. The average molecular weight is 249 g/mol. The molecule has 15 heavy (non-hydrogen) atoms. The Morgan fingerprint density at radius 2 is 2.00 bits per heavy atom. The van der Waals surface area contributed by atoms with Gasteiger partial charge in [-0.05, 0) is 36.1 Å². The second-order valence-electron chi connectivity index (χ2n) is 3.55. The first-order chi connectivity index (χ1) is 6.48. The van der Waals surface area contributed by atoms with Crippen molar-refractivity contribution in [3.05, 3.63) is 29.3 Å². The van der Waals surface area contributed by atoms with Gasteiger partial charge in [0.1, 0.15) is 0 Å². The molecule has 0 spiro atoms. The van der Waals surface area contributed by atoms with Crippen molar-refractivity contribution < 1.29 is 8.42 Å². The van der Waals surface area contributed by atoms with Crippen molar-refractivity contribution in [3.63, 3.8) is 0 Å². The van der Waals surface area contributed by atoms with Gasteiger partial charge in [-0.1, -0.05) is 6.07 Å². The SMILES string of the molecule is Cl.NC1CCc2ccc(S(N)(=O)=O)cc21. The highest BCUT2D eigenvalue weighted by molar-refractivity contribution is 7.89. The summed E-state index contributed by atoms with van der Waals surface area (Å²) in [6.07, 6.45) is 1.80. The summed E-state index contributed by atoms with van der Waals surface area (Å²) in [5.74, 6) is 0. The molecular formula is C9H13ClN2O2S. The van der Waals surface area contributed by atoms with E-state index in [4.69, 9.17) is 10.9 Å². The van der Waals surface area contributed by atoms with Crippen molar-refractivity contribution in [1.29, 1.82) is 0 Å². The third-order valence-corrected chi connectivity index (χ3v) is 3.48. The third kappa shape index (κ3) is 2.31. The molecule has 1 aliphatic rings. The quantitative estimate of drug-likeness (QED) is 0.767. The lowest BCUT2D eigenvalue weighted by Crippen LogP contribution is -2.13. The minimum absolute atomic E-state index is 0. The summed E-state index contributed by atoms with van der Waals surface area (Å²) in [5.41, 5.74) is 7.87. The Bertz CT molecular complexity index is 473. The molecule has 0 aromatic heterocycles. The Morgan fingerprint density at radius 1 is 1.33 bits per heavy atom. The molecule has 0 radical (unpaired) electrons. The zero-order valence-corrected chi connectivity index (χ0v) is 9.64. The highest BCUT2D eigenvalue weighted by atomic mass is 35.5. The first-order valence-electron chi connectivity index (χ1n) is 4.40. The number of halogens is 1. The van der Waals surface area contributed by atoms with E-state index >= 15 is 0 Å². The fourth-order valence-electron chi connectivity index (χ4n) is 1.79. The van der Waals surface area contributed by atoms with E-state index in [1.165, 1.54) is 6.07 Å². The van der Waals surface area contributed by atoms with Gasteiger partial charge in [-0.15, -0.1) is 12.4 Å². The predicted octanol–water partition coefficient (Wildman–Crippen LogP) is 0.702. The molecule has 0 fully saturated rings. The van der Waals surface area contributed by atoms with E-state index in [9.17, 15) is 8.42 Å². The molecule has 6 heteroatoms. The topological polar surface area (TPSA) is 86.2 Å². The molecule has 2 rings (SSSR count). The number of hydrogen-bond donors (Lipinski definition) is 2. The van der Waals surface area contributed by atoms with Crippen LogP contribution in [0.5, 0.6) is 0 Å². The molecule has 1 unspecified atom stereocenters. The van der Waals surface area contributed by atoms with Gasteiger partial charge in [-0.3, -0.25) is 0 Å². The summed E-state index contributed by atoms with van der Waals surface area (Å²) in [5, 5.41) is 5.03. The fourth-order valence-corrected chi connectivity index (χ4v) is 2.34. The molecule has 0 saturated heterocycles. The molecule has 0 aliphatic heterocycles. The number of rotatable bonds is 1. The normalized spacial score (nSPS) is 19.5. The molecule has 84 valence electrons. The number of aryl methyl sites for hydroxylation is 1. The second-order valence-corrected chi connectivity index (χ2v) is 5.11. The van der Waals surface area contributed by atoms with Gasteiger partial charge in [-0.25, -0.2) is 13.6 Å². The maximum Gasteiger partial charge on any atom is 0.238 e. The van der Waals surface area contributed by atoms with Crippen LogP contribution in [0.4, 0.5) is 0 Å². The van der Waals surface area contributed by atoms with Crippen molar-refractivity contribution in [2.24, 2.45) is 10.9 Å². The molecule has 4 N–H and O–H groups in total. The van der Waals surface area contributed by atoms with Crippen LogP contribution in [0.15, 0.2) is 23.1 Å². The summed E-state index contributed by atoms with van der Waals surface area (Å²) in [7, 11) is -3.60. The largest absolute Gasteiger partial charge is 0.324 e. The van der Waals surface area contributed by atoms with Crippen molar-refractivity contribution >= 4 is 22.4 Å². The lowest BCUT2D eigenvalue weighted by molar-refractivity contribution is 0.597. The predicted molar refractivity (Wildman–Crippen MR) is 60.3 cm³/mol. The number of sulfonamides is 1. The van der Waals surface area contributed by atoms with Gasteiger partial charge in [0.2, 0.25) is 10.0 Å². The monoisotopic (exact) mass is 248 g/mol. The Hall–Kier alpha value is -0.620. The number of benzene rings is 1. The van der Waals surface area contributed by atoms with Crippen molar-refractivity contribution in [2.45, 2.75) is 23.8 Å². The van der Waals surface area contributed by atoms with Gasteiger partial charge in [0.05, 0.1) is 4.90 Å². The number of nitrogens with two attached hydrogens (primary N) is 2. The Kier molecular flexibility index (Phi) is 3.40.